The van der Waals surface area contributed by atoms with E-state index in [1.54, 1.807) is 6.07 Å². The Morgan fingerprint density at radius 3 is 2.89 bits per heavy atom. The molecular weight excluding hydrogens is 397 g/mol. The number of benzene rings is 2. The van der Waals surface area contributed by atoms with Gasteiger partial charge in [0.1, 0.15) is 5.52 Å². The number of rotatable bonds is 6. The van der Waals surface area contributed by atoms with Gasteiger partial charge in [-0.2, -0.15) is 4.98 Å². The Labute approximate surface area is 173 Å². The highest BCUT2D eigenvalue weighted by Gasteiger charge is 2.28. The fraction of sp³-hybridized carbons (Fsp3) is 0.333. The van der Waals surface area contributed by atoms with Crippen LogP contribution in [0.5, 0.6) is 0 Å². The van der Waals surface area contributed by atoms with Gasteiger partial charge in [0.2, 0.25) is 5.91 Å². The van der Waals surface area contributed by atoms with E-state index in [-0.39, 0.29) is 11.9 Å². The molecule has 1 amide bonds. The van der Waals surface area contributed by atoms with Gasteiger partial charge in [-0.15, -0.1) is 0 Å². The first kappa shape index (κ1) is 19.1. The van der Waals surface area contributed by atoms with Gasteiger partial charge in [-0.25, -0.2) is 0 Å². The summed E-state index contributed by atoms with van der Waals surface area (Å²) in [6.07, 6.45) is 3.10. The normalized spacial score (nSPS) is 16.6. The number of aryl methyl sites for hydroxylation is 1. The van der Waals surface area contributed by atoms with E-state index in [2.05, 4.69) is 15.2 Å². The minimum absolute atomic E-state index is 0.0236. The second-order valence-electron chi connectivity index (χ2n) is 7.01. The van der Waals surface area contributed by atoms with Gasteiger partial charge in [0.25, 0.3) is 6.01 Å². The van der Waals surface area contributed by atoms with Crippen molar-refractivity contribution in [2.75, 3.05) is 18.0 Å². The number of hydrogen-bond donors (Lipinski definition) is 1. The van der Waals surface area contributed by atoms with Crippen molar-refractivity contribution in [3.8, 4) is 0 Å². The molecule has 1 aliphatic heterocycles. The summed E-state index contributed by atoms with van der Waals surface area (Å²) in [6, 6.07) is 14.0. The van der Waals surface area contributed by atoms with E-state index in [0.717, 1.165) is 36.0 Å². The zero-order valence-electron chi connectivity index (χ0n) is 15.3. The fourth-order valence-electron chi connectivity index (χ4n) is 3.56. The van der Waals surface area contributed by atoms with Crippen molar-refractivity contribution in [1.82, 2.24) is 10.3 Å². The lowest BCUT2D eigenvalue weighted by molar-refractivity contribution is -0.121. The maximum absolute atomic E-state index is 12.3. The van der Waals surface area contributed by atoms with Crippen molar-refractivity contribution in [2.24, 2.45) is 0 Å². The topological polar surface area (TPSA) is 58.4 Å². The van der Waals surface area contributed by atoms with Crippen molar-refractivity contribution in [2.45, 2.75) is 31.7 Å². The number of carbonyl (C=O) groups is 1. The third kappa shape index (κ3) is 4.26. The van der Waals surface area contributed by atoms with Gasteiger partial charge >= 0.3 is 0 Å². The molecule has 0 spiro atoms. The molecule has 0 unspecified atom stereocenters. The van der Waals surface area contributed by atoms with Crippen LogP contribution in [0.4, 0.5) is 6.01 Å². The van der Waals surface area contributed by atoms with Crippen molar-refractivity contribution in [1.29, 1.82) is 0 Å². The lowest BCUT2D eigenvalue weighted by Gasteiger charge is -2.23. The summed E-state index contributed by atoms with van der Waals surface area (Å²) in [5, 5.41) is 4.08. The molecule has 4 rings (SSSR count). The van der Waals surface area contributed by atoms with Gasteiger partial charge in [-0.1, -0.05) is 41.4 Å². The molecule has 28 heavy (non-hydrogen) atoms. The molecule has 3 aromatic rings. The average Bonchev–Trinajstić information content (AvgIpc) is 3.33. The average molecular weight is 418 g/mol. The van der Waals surface area contributed by atoms with E-state index in [1.807, 2.05) is 36.4 Å². The van der Waals surface area contributed by atoms with Crippen molar-refractivity contribution in [3.63, 3.8) is 0 Å². The van der Waals surface area contributed by atoms with Crippen molar-refractivity contribution in [3.05, 3.63) is 58.1 Å². The molecule has 146 valence electrons. The fourth-order valence-corrected chi connectivity index (χ4v) is 3.88. The second kappa shape index (κ2) is 8.41. The van der Waals surface area contributed by atoms with E-state index in [9.17, 15) is 4.79 Å². The Bertz CT molecular complexity index is 956. The number of aromatic nitrogens is 1. The molecular formula is C21H21Cl2N3O2. The van der Waals surface area contributed by atoms with Gasteiger partial charge in [0.05, 0.1) is 16.1 Å². The van der Waals surface area contributed by atoms with Crippen LogP contribution in [-0.4, -0.2) is 30.0 Å². The van der Waals surface area contributed by atoms with Crippen LogP contribution in [-0.2, 0) is 11.2 Å². The molecule has 1 aliphatic rings. The molecule has 0 bridgehead atoms. The molecule has 1 saturated heterocycles. The predicted molar refractivity (Wildman–Crippen MR) is 112 cm³/mol. The highest BCUT2D eigenvalue weighted by atomic mass is 35.5. The third-order valence-corrected chi connectivity index (χ3v) is 5.80. The van der Waals surface area contributed by atoms with Crippen LogP contribution in [0.2, 0.25) is 10.0 Å². The number of fused-ring (bicyclic) bond motifs is 1. The Morgan fingerprint density at radius 1 is 1.21 bits per heavy atom. The molecule has 1 atom stereocenters. The number of hydrogen-bond acceptors (Lipinski definition) is 4. The number of anilines is 1. The molecule has 0 radical (unpaired) electrons. The lowest BCUT2D eigenvalue weighted by atomic mass is 10.1. The smallest absolute Gasteiger partial charge is 0.298 e. The first-order chi connectivity index (χ1) is 13.6. The highest BCUT2D eigenvalue weighted by molar-refractivity contribution is 6.42. The van der Waals surface area contributed by atoms with Gasteiger partial charge in [-0.05, 0) is 49.1 Å². The zero-order chi connectivity index (χ0) is 19.5. The molecule has 7 heteroatoms. The maximum Gasteiger partial charge on any atom is 0.298 e. The summed E-state index contributed by atoms with van der Waals surface area (Å²) in [5.74, 6) is 0.0236. The third-order valence-electron chi connectivity index (χ3n) is 5.07. The van der Waals surface area contributed by atoms with Gasteiger partial charge in [0.15, 0.2) is 5.58 Å². The molecule has 0 saturated carbocycles. The monoisotopic (exact) mass is 417 g/mol. The zero-order valence-corrected chi connectivity index (χ0v) is 16.8. The summed E-state index contributed by atoms with van der Waals surface area (Å²) in [7, 11) is 0. The standard InChI is InChI=1S/C21H21Cl2N3O2/c22-16-9-7-14(12-17(16)23)8-10-20(27)24-13-15-4-3-11-26(15)21-25-18-5-1-2-6-19(18)28-21/h1-2,5-7,9,12,15H,3-4,8,10-11,13H2,(H,24,27)/t15-/m0/s1. The number of nitrogens with zero attached hydrogens (tertiary/aromatic N) is 2. The van der Waals surface area contributed by atoms with E-state index in [1.165, 1.54) is 0 Å². The number of amides is 1. The second-order valence-corrected chi connectivity index (χ2v) is 7.82. The highest BCUT2D eigenvalue weighted by Crippen LogP contribution is 2.28. The molecule has 1 aromatic heterocycles. The molecule has 2 heterocycles. The van der Waals surface area contributed by atoms with Crippen molar-refractivity contribution >= 4 is 46.2 Å². The molecule has 0 aliphatic carbocycles. The number of halogens is 2. The van der Waals surface area contributed by atoms with Gasteiger partial charge < -0.3 is 14.6 Å². The largest absolute Gasteiger partial charge is 0.423 e. The van der Waals surface area contributed by atoms with E-state index in [4.69, 9.17) is 27.6 Å². The summed E-state index contributed by atoms with van der Waals surface area (Å²) >= 11 is 12.0. The number of nitrogens with one attached hydrogen (secondary N) is 1. The minimum atomic E-state index is 0.0236. The Kier molecular flexibility index (Phi) is 5.74. The van der Waals surface area contributed by atoms with Gasteiger partial charge in [-0.3, -0.25) is 4.79 Å². The summed E-state index contributed by atoms with van der Waals surface area (Å²) in [6.45, 7) is 1.47. The van der Waals surface area contributed by atoms with Crippen LogP contribution in [0.25, 0.3) is 11.1 Å². The number of para-hydroxylation sites is 2. The summed E-state index contributed by atoms with van der Waals surface area (Å²) in [5.41, 5.74) is 2.64. The van der Waals surface area contributed by atoms with E-state index in [0.29, 0.717) is 35.4 Å². The Balaban J connectivity index is 1.31. The van der Waals surface area contributed by atoms with Crippen LogP contribution >= 0.6 is 23.2 Å². The number of carbonyl (C=O) groups excluding carboxylic acids is 1. The molecule has 1 fully saturated rings. The first-order valence-electron chi connectivity index (χ1n) is 9.43. The Morgan fingerprint density at radius 2 is 2.07 bits per heavy atom. The van der Waals surface area contributed by atoms with Crippen LogP contribution in [0, 0.1) is 0 Å². The van der Waals surface area contributed by atoms with Gasteiger partial charge in [0, 0.05) is 19.5 Å². The molecule has 1 N–H and O–H groups in total. The quantitative estimate of drug-likeness (QED) is 0.622. The predicted octanol–water partition coefficient (Wildman–Crippen LogP) is 4.85. The van der Waals surface area contributed by atoms with Crippen LogP contribution in [0.15, 0.2) is 46.9 Å². The van der Waals surface area contributed by atoms with Crippen LogP contribution < -0.4 is 10.2 Å². The van der Waals surface area contributed by atoms with E-state index < -0.39 is 0 Å². The maximum atomic E-state index is 12.3. The Hall–Kier alpha value is -2.24. The van der Waals surface area contributed by atoms with Crippen LogP contribution in [0.3, 0.4) is 0 Å². The molecule has 5 nitrogen and oxygen atoms in total. The first-order valence-corrected chi connectivity index (χ1v) is 10.2. The van der Waals surface area contributed by atoms with Crippen molar-refractivity contribution < 1.29 is 9.21 Å². The lowest BCUT2D eigenvalue weighted by Crippen LogP contribution is -2.40. The minimum Gasteiger partial charge on any atom is -0.423 e. The van der Waals surface area contributed by atoms with E-state index >= 15 is 0 Å². The number of oxazole rings is 1. The summed E-state index contributed by atoms with van der Waals surface area (Å²) < 4.78 is 5.89. The summed E-state index contributed by atoms with van der Waals surface area (Å²) in [4.78, 5) is 19.0. The SMILES string of the molecule is O=C(CCc1ccc(Cl)c(Cl)c1)NC[C@@H]1CCCN1c1nc2ccccc2o1. The molecule has 2 aromatic carbocycles. The van der Waals surface area contributed by atoms with Crippen LogP contribution in [0.1, 0.15) is 24.8 Å².